The molecule has 0 aromatic rings. The summed E-state index contributed by atoms with van der Waals surface area (Å²) >= 11 is 0. The molecule has 1 amide bonds. The van der Waals surface area contributed by atoms with Crippen molar-refractivity contribution in [2.24, 2.45) is 0 Å². The van der Waals surface area contributed by atoms with E-state index in [9.17, 15) is 19.4 Å². The van der Waals surface area contributed by atoms with Crippen LogP contribution in [0.15, 0.2) is 97.2 Å². The van der Waals surface area contributed by atoms with Gasteiger partial charge in [-0.15, -0.1) is 0 Å². The van der Waals surface area contributed by atoms with Crippen LogP contribution in [0.3, 0.4) is 0 Å². The number of unbranched alkanes of at least 4 members (excludes halogenated alkanes) is 11. The highest BCUT2D eigenvalue weighted by Gasteiger charge is 2.23. The maximum Gasteiger partial charge on any atom is 0.268 e. The number of hydrogen-bond donors (Lipinski definition) is 2. The van der Waals surface area contributed by atoms with Crippen molar-refractivity contribution in [1.29, 1.82) is 0 Å². The summed E-state index contributed by atoms with van der Waals surface area (Å²) in [6, 6.07) is -0.891. The zero-order chi connectivity index (χ0) is 42.1. The molecule has 0 bridgehead atoms. The number of allylic oxidation sites excluding steroid dienone is 15. The number of aliphatic hydroxyl groups excluding tert-OH is 1. The van der Waals surface area contributed by atoms with Crippen molar-refractivity contribution in [2.75, 3.05) is 40.9 Å². The smallest absolute Gasteiger partial charge is 0.268 e. The van der Waals surface area contributed by atoms with E-state index in [1.807, 2.05) is 27.2 Å². The van der Waals surface area contributed by atoms with Gasteiger partial charge in [-0.25, -0.2) is 0 Å². The molecule has 0 aromatic carbocycles. The third kappa shape index (κ3) is 41.4. The standard InChI is InChI=1S/C48H83N2O6P/c1-6-8-10-12-13-14-15-16-17-18-19-20-21-22-23-24-25-26-27-28-29-30-31-32-33-34-35-36-37-38-40-42-48(52)49-46(47(51)41-39-11-9-7-2)45-56-57(53,54)55-44-43-50(3,4)5/h8,10,13-14,16-17,19-20,22-23,25-26,28-29,39,41,46-47,51H,6-7,9,11-12,15,18,21,24,27,30-38,40,42-45H2,1-5H3,(H-,49,52,53,54)/b10-8-,14-13-,17-16-,20-19-,23-22-,26-25-,29-28-,41-39+. The maximum absolute atomic E-state index is 12.7. The molecule has 0 heterocycles. The Morgan fingerprint density at radius 3 is 1.54 bits per heavy atom. The van der Waals surface area contributed by atoms with E-state index in [1.54, 1.807) is 6.08 Å². The molecule has 57 heavy (non-hydrogen) atoms. The Balaban J connectivity index is 3.99. The minimum atomic E-state index is -4.57. The topological polar surface area (TPSA) is 108 Å². The molecule has 0 aliphatic carbocycles. The van der Waals surface area contributed by atoms with Gasteiger partial charge in [0.15, 0.2) is 0 Å². The van der Waals surface area contributed by atoms with E-state index in [1.165, 1.54) is 32.1 Å². The third-order valence-electron chi connectivity index (χ3n) is 9.05. The number of quaternary nitrogens is 1. The number of rotatable bonds is 38. The van der Waals surface area contributed by atoms with E-state index in [0.717, 1.165) is 96.3 Å². The van der Waals surface area contributed by atoms with E-state index in [-0.39, 0.29) is 12.5 Å². The lowest BCUT2D eigenvalue weighted by molar-refractivity contribution is -0.870. The highest BCUT2D eigenvalue weighted by Crippen LogP contribution is 2.38. The van der Waals surface area contributed by atoms with Gasteiger partial charge in [-0.1, -0.05) is 169 Å². The zero-order valence-corrected chi connectivity index (χ0v) is 37.6. The number of amides is 1. The Morgan fingerprint density at radius 2 is 1.07 bits per heavy atom. The molecule has 8 nitrogen and oxygen atoms in total. The van der Waals surface area contributed by atoms with Crippen LogP contribution < -0.4 is 10.2 Å². The number of nitrogens with one attached hydrogen (secondary N) is 1. The summed E-state index contributed by atoms with van der Waals surface area (Å²) in [5, 5.41) is 13.5. The average Bonchev–Trinajstić information content (AvgIpc) is 3.16. The van der Waals surface area contributed by atoms with Crippen LogP contribution >= 0.6 is 7.82 Å². The van der Waals surface area contributed by atoms with E-state index < -0.39 is 26.6 Å². The third-order valence-corrected chi connectivity index (χ3v) is 10.0. The summed E-state index contributed by atoms with van der Waals surface area (Å²) in [5.74, 6) is -0.220. The van der Waals surface area contributed by atoms with Crippen LogP contribution in [0.1, 0.15) is 149 Å². The number of hydrogen-bond acceptors (Lipinski definition) is 6. The molecular formula is C48H83N2O6P. The van der Waals surface area contributed by atoms with Gasteiger partial charge in [0.2, 0.25) is 5.91 Å². The highest BCUT2D eigenvalue weighted by molar-refractivity contribution is 7.45. The first-order chi connectivity index (χ1) is 27.5. The van der Waals surface area contributed by atoms with Crippen LogP contribution in [-0.2, 0) is 18.4 Å². The molecule has 0 aliphatic rings. The first-order valence-corrected chi connectivity index (χ1v) is 23.6. The molecule has 0 saturated carbocycles. The summed E-state index contributed by atoms with van der Waals surface area (Å²) < 4.78 is 22.9. The van der Waals surface area contributed by atoms with Crippen LogP contribution in [0.25, 0.3) is 0 Å². The first-order valence-electron chi connectivity index (χ1n) is 22.1. The predicted octanol–water partition coefficient (Wildman–Crippen LogP) is 11.7. The second-order valence-corrected chi connectivity index (χ2v) is 17.1. The normalized spacial score (nSPS) is 15.3. The summed E-state index contributed by atoms with van der Waals surface area (Å²) in [6.45, 7) is 4.33. The van der Waals surface area contributed by atoms with Crippen LogP contribution in [0.4, 0.5) is 0 Å². The van der Waals surface area contributed by atoms with Gasteiger partial charge in [0.25, 0.3) is 7.82 Å². The van der Waals surface area contributed by atoms with Crippen LogP contribution in [0, 0.1) is 0 Å². The Labute approximate surface area is 349 Å². The second kappa shape index (κ2) is 38.9. The molecule has 9 heteroatoms. The van der Waals surface area contributed by atoms with Crippen LogP contribution in [0.5, 0.6) is 0 Å². The fraction of sp³-hybridized carbons (Fsp3) is 0.646. The second-order valence-electron chi connectivity index (χ2n) is 15.7. The lowest BCUT2D eigenvalue weighted by Crippen LogP contribution is -2.45. The molecule has 3 unspecified atom stereocenters. The van der Waals surface area contributed by atoms with Gasteiger partial charge in [0, 0.05) is 6.42 Å². The number of nitrogens with zero attached hydrogens (tertiary/aromatic N) is 1. The SMILES string of the molecule is CC/C=C\C/C=C\C/C=C\C/C=C\C/C=C\C/C=C\C/C=C\CCCCCCCCCCCC(=O)NC(COP(=O)([O-])OCC[N+](C)(C)C)C(O)/C=C/CCCC. The van der Waals surface area contributed by atoms with E-state index in [0.29, 0.717) is 17.4 Å². The molecule has 0 aliphatic heterocycles. The average molecular weight is 815 g/mol. The monoisotopic (exact) mass is 815 g/mol. The summed E-state index contributed by atoms with van der Waals surface area (Å²) in [4.78, 5) is 25.0. The number of carbonyl (C=O) groups excluding carboxylic acids is 1. The summed E-state index contributed by atoms with van der Waals surface area (Å²) in [7, 11) is 1.23. The van der Waals surface area contributed by atoms with Crippen LogP contribution in [-0.4, -0.2) is 68.5 Å². The summed E-state index contributed by atoms with van der Waals surface area (Å²) in [5.41, 5.74) is 0. The number of aliphatic hydroxyl groups is 1. The lowest BCUT2D eigenvalue weighted by Gasteiger charge is -2.29. The van der Waals surface area contributed by atoms with Gasteiger partial charge in [-0.2, -0.15) is 0 Å². The molecule has 2 N–H and O–H groups in total. The first kappa shape index (κ1) is 54.4. The van der Waals surface area contributed by atoms with Gasteiger partial charge in [-0.05, 0) is 70.6 Å². The van der Waals surface area contributed by atoms with Gasteiger partial charge >= 0.3 is 0 Å². The van der Waals surface area contributed by atoms with Crippen molar-refractivity contribution in [3.05, 3.63) is 97.2 Å². The molecule has 0 radical (unpaired) electrons. The minimum Gasteiger partial charge on any atom is -0.756 e. The minimum absolute atomic E-state index is 0.00871. The molecule has 0 saturated heterocycles. The number of phosphoric ester groups is 1. The largest absolute Gasteiger partial charge is 0.756 e. The van der Waals surface area contributed by atoms with Crippen molar-refractivity contribution in [1.82, 2.24) is 5.32 Å². The molecule has 326 valence electrons. The molecule has 0 fully saturated rings. The molecule has 3 atom stereocenters. The van der Waals surface area contributed by atoms with Crippen molar-refractivity contribution in [2.45, 2.75) is 161 Å². The fourth-order valence-electron chi connectivity index (χ4n) is 5.53. The van der Waals surface area contributed by atoms with Crippen molar-refractivity contribution in [3.8, 4) is 0 Å². The number of carbonyl (C=O) groups is 1. The Hall–Kier alpha value is -2.58. The maximum atomic E-state index is 12.7. The molecule has 0 spiro atoms. The van der Waals surface area contributed by atoms with Crippen molar-refractivity contribution in [3.63, 3.8) is 0 Å². The van der Waals surface area contributed by atoms with Gasteiger partial charge in [0.1, 0.15) is 13.2 Å². The molecule has 0 aromatic heterocycles. The quantitative estimate of drug-likeness (QED) is 0.0278. The van der Waals surface area contributed by atoms with E-state index in [4.69, 9.17) is 9.05 Å². The zero-order valence-electron chi connectivity index (χ0n) is 36.7. The van der Waals surface area contributed by atoms with Gasteiger partial charge in [-0.3, -0.25) is 9.36 Å². The number of likely N-dealkylation sites (N-methyl/N-ethyl adjacent to an activating group) is 1. The number of phosphoric acid groups is 1. The molecular weight excluding hydrogens is 732 g/mol. The Bertz CT molecular complexity index is 1240. The molecule has 0 rings (SSSR count). The highest BCUT2D eigenvalue weighted by atomic mass is 31.2. The van der Waals surface area contributed by atoms with Gasteiger partial charge in [0.05, 0.1) is 39.9 Å². The Kier molecular flexibility index (Phi) is 37.2. The van der Waals surface area contributed by atoms with Crippen molar-refractivity contribution < 1.29 is 32.9 Å². The van der Waals surface area contributed by atoms with Crippen LogP contribution in [0.2, 0.25) is 0 Å². The Morgan fingerprint density at radius 1 is 0.632 bits per heavy atom. The van der Waals surface area contributed by atoms with E-state index in [2.05, 4.69) is 104 Å². The van der Waals surface area contributed by atoms with E-state index >= 15 is 0 Å². The lowest BCUT2D eigenvalue weighted by atomic mass is 10.1. The summed E-state index contributed by atoms with van der Waals surface area (Å²) in [6.07, 6.45) is 55.3. The van der Waals surface area contributed by atoms with Gasteiger partial charge < -0.3 is 28.8 Å². The fourth-order valence-corrected chi connectivity index (χ4v) is 6.25. The van der Waals surface area contributed by atoms with Crippen molar-refractivity contribution >= 4 is 13.7 Å². The predicted molar refractivity (Wildman–Crippen MR) is 242 cm³/mol.